The number of amides is 2. The Bertz CT molecular complexity index is 1950. The maximum Gasteiger partial charge on any atom is 0.257 e. The van der Waals surface area contributed by atoms with Gasteiger partial charge in [0.15, 0.2) is 23.0 Å². The zero-order valence-corrected chi connectivity index (χ0v) is 29.6. The van der Waals surface area contributed by atoms with Crippen molar-refractivity contribution in [1.82, 2.24) is 14.7 Å². The van der Waals surface area contributed by atoms with Gasteiger partial charge in [-0.15, -0.1) is 0 Å². The Kier molecular flexibility index (Phi) is 9.11. The van der Waals surface area contributed by atoms with Crippen molar-refractivity contribution in [1.29, 1.82) is 0 Å². The summed E-state index contributed by atoms with van der Waals surface area (Å²) < 4.78 is 23.7. The van der Waals surface area contributed by atoms with E-state index in [9.17, 15) is 9.59 Å². The molecule has 4 heterocycles. The molecule has 2 amide bonds. The Morgan fingerprint density at radius 2 is 1.06 bits per heavy atom. The summed E-state index contributed by atoms with van der Waals surface area (Å²) in [7, 11) is 5.14. The van der Waals surface area contributed by atoms with Crippen LogP contribution in [0.3, 0.4) is 0 Å². The van der Waals surface area contributed by atoms with Crippen molar-refractivity contribution < 1.29 is 28.5 Å². The summed E-state index contributed by atoms with van der Waals surface area (Å²) in [5.41, 5.74) is 6.96. The van der Waals surface area contributed by atoms with Gasteiger partial charge in [-0.3, -0.25) is 24.5 Å². The first-order valence-corrected chi connectivity index (χ1v) is 17.6. The summed E-state index contributed by atoms with van der Waals surface area (Å²) in [5.74, 6) is 1.90. The van der Waals surface area contributed by atoms with Gasteiger partial charge in [0, 0.05) is 50.7 Å². The van der Waals surface area contributed by atoms with Crippen molar-refractivity contribution in [2.45, 2.75) is 38.0 Å². The van der Waals surface area contributed by atoms with Crippen LogP contribution in [0, 0.1) is 0 Å². The topological polar surface area (TPSA) is 106 Å². The molecule has 0 spiro atoms. The number of ether oxygens (including phenoxy) is 4. The number of rotatable bonds is 10. The van der Waals surface area contributed by atoms with Crippen LogP contribution >= 0.6 is 0 Å². The Hall–Kier alpha value is -5.68. The van der Waals surface area contributed by atoms with Gasteiger partial charge in [-0.05, 0) is 54.3 Å². The van der Waals surface area contributed by atoms with Gasteiger partial charge in [0.05, 0.1) is 48.8 Å². The van der Waals surface area contributed by atoms with Gasteiger partial charge in [0.1, 0.15) is 13.2 Å². The van der Waals surface area contributed by atoms with Crippen LogP contribution in [0.25, 0.3) is 0 Å². The monoisotopic (exact) mass is 699 g/mol. The molecule has 11 nitrogen and oxygen atoms in total. The van der Waals surface area contributed by atoms with E-state index in [1.165, 1.54) is 11.1 Å². The summed E-state index contributed by atoms with van der Waals surface area (Å²) in [6.07, 6.45) is 5.21. The first-order valence-electron chi connectivity index (χ1n) is 17.6. The van der Waals surface area contributed by atoms with Crippen LogP contribution in [-0.4, -0.2) is 98.6 Å². The fraction of sp³-hybridized carbons (Fsp3) is 0.317. The van der Waals surface area contributed by atoms with Gasteiger partial charge < -0.3 is 28.7 Å². The predicted molar refractivity (Wildman–Crippen MR) is 198 cm³/mol. The molecule has 0 saturated heterocycles. The van der Waals surface area contributed by atoms with E-state index in [2.05, 4.69) is 29.2 Å². The van der Waals surface area contributed by atoms with E-state index in [1.807, 2.05) is 53.5 Å². The molecule has 266 valence electrons. The van der Waals surface area contributed by atoms with Crippen LogP contribution in [0.4, 0.5) is 11.4 Å². The third-order valence-corrected chi connectivity index (χ3v) is 10.4. The van der Waals surface area contributed by atoms with Crippen molar-refractivity contribution in [3.63, 3.8) is 0 Å². The second kappa shape index (κ2) is 14.1. The first kappa shape index (κ1) is 33.5. The molecule has 8 rings (SSSR count). The highest BCUT2D eigenvalue weighted by molar-refractivity contribution is 6.04. The van der Waals surface area contributed by atoms with Crippen LogP contribution in [0.2, 0.25) is 0 Å². The van der Waals surface area contributed by atoms with E-state index < -0.39 is 0 Å². The van der Waals surface area contributed by atoms with Gasteiger partial charge in [0.25, 0.3) is 11.8 Å². The summed E-state index contributed by atoms with van der Waals surface area (Å²) >= 11 is 0. The van der Waals surface area contributed by atoms with Crippen LogP contribution < -0.4 is 18.9 Å². The van der Waals surface area contributed by atoms with Crippen molar-refractivity contribution >= 4 is 35.6 Å². The minimum Gasteiger partial charge on any atom is -0.493 e. The second-order valence-electron chi connectivity index (χ2n) is 13.5. The second-order valence-corrected chi connectivity index (χ2v) is 13.5. The smallest absolute Gasteiger partial charge is 0.257 e. The Balaban J connectivity index is 0.882. The maximum absolute atomic E-state index is 13.7. The molecule has 0 radical (unpaired) electrons. The molecule has 4 aliphatic rings. The number of likely N-dealkylation sites (N-methyl/N-ethyl adjacent to an activating group) is 1. The summed E-state index contributed by atoms with van der Waals surface area (Å²) in [5, 5.41) is 0. The minimum absolute atomic E-state index is 0.0668. The van der Waals surface area contributed by atoms with E-state index in [0.717, 1.165) is 24.0 Å². The molecule has 0 N–H and O–H groups in total. The molecule has 0 aliphatic carbocycles. The molecule has 2 atom stereocenters. The van der Waals surface area contributed by atoms with E-state index in [0.29, 0.717) is 84.9 Å². The molecular weight excluding hydrogens is 658 g/mol. The van der Waals surface area contributed by atoms with Crippen molar-refractivity contribution in [3.05, 3.63) is 106 Å². The van der Waals surface area contributed by atoms with Gasteiger partial charge >= 0.3 is 0 Å². The molecule has 4 aromatic rings. The molecule has 0 saturated carbocycles. The quantitative estimate of drug-likeness (QED) is 0.211. The van der Waals surface area contributed by atoms with Crippen LogP contribution in [0.15, 0.2) is 82.8 Å². The van der Waals surface area contributed by atoms with Crippen molar-refractivity contribution in [2.75, 3.05) is 47.6 Å². The molecule has 52 heavy (non-hydrogen) atoms. The lowest BCUT2D eigenvalue weighted by atomic mass is 9.94. The number of benzene rings is 4. The molecule has 0 bridgehead atoms. The van der Waals surface area contributed by atoms with Crippen LogP contribution in [0.5, 0.6) is 23.0 Å². The van der Waals surface area contributed by atoms with E-state index in [-0.39, 0.29) is 23.9 Å². The number of carbonyl (C=O) groups excluding carboxylic acids is 2. The molecular formula is C41H41N5O6. The summed E-state index contributed by atoms with van der Waals surface area (Å²) in [6.45, 7) is 3.08. The largest absolute Gasteiger partial charge is 0.493 e. The molecule has 0 aromatic heterocycles. The number of fused-ring (bicyclic) bond motifs is 6. The number of nitrogens with zero attached hydrogens (tertiary/aromatic N) is 5. The number of carbonyl (C=O) groups is 2. The average molecular weight is 700 g/mol. The van der Waals surface area contributed by atoms with E-state index >= 15 is 0 Å². The van der Waals surface area contributed by atoms with Gasteiger partial charge in [-0.1, -0.05) is 48.5 Å². The van der Waals surface area contributed by atoms with Crippen molar-refractivity contribution in [3.8, 4) is 23.0 Å². The van der Waals surface area contributed by atoms with Crippen molar-refractivity contribution in [2.24, 2.45) is 9.98 Å². The normalized spacial score (nSPS) is 18.3. The Labute approximate surface area is 303 Å². The lowest BCUT2D eigenvalue weighted by molar-refractivity contribution is 0.0696. The van der Waals surface area contributed by atoms with E-state index in [1.54, 1.807) is 38.5 Å². The van der Waals surface area contributed by atoms with Gasteiger partial charge in [0.2, 0.25) is 0 Å². The highest BCUT2D eigenvalue weighted by Gasteiger charge is 2.35. The molecule has 11 heteroatoms. The highest BCUT2D eigenvalue weighted by Crippen LogP contribution is 2.40. The number of hydrogen-bond acceptors (Lipinski definition) is 9. The van der Waals surface area contributed by atoms with E-state index in [4.69, 9.17) is 28.9 Å². The lowest BCUT2D eigenvalue weighted by Gasteiger charge is -2.34. The number of hydrogen-bond donors (Lipinski definition) is 0. The Morgan fingerprint density at radius 3 is 1.48 bits per heavy atom. The minimum atomic E-state index is -0.109. The van der Waals surface area contributed by atoms with Gasteiger partial charge in [-0.25, -0.2) is 0 Å². The third kappa shape index (κ3) is 6.36. The number of methoxy groups -OCH3 is 2. The van der Waals surface area contributed by atoms with Gasteiger partial charge in [-0.2, -0.15) is 0 Å². The van der Waals surface area contributed by atoms with Crippen LogP contribution in [-0.2, 0) is 25.9 Å². The summed E-state index contributed by atoms with van der Waals surface area (Å²) in [4.78, 5) is 42.7. The highest BCUT2D eigenvalue weighted by atomic mass is 16.5. The predicted octanol–water partition coefficient (Wildman–Crippen LogP) is 5.66. The summed E-state index contributed by atoms with van der Waals surface area (Å²) in [6, 6.07) is 23.3. The average Bonchev–Trinajstić information content (AvgIpc) is 3.38. The van der Waals surface area contributed by atoms with Crippen LogP contribution in [0.1, 0.15) is 43.0 Å². The fourth-order valence-corrected chi connectivity index (χ4v) is 7.38. The zero-order chi connectivity index (χ0) is 35.8. The zero-order valence-electron chi connectivity index (χ0n) is 29.6. The third-order valence-electron chi connectivity index (χ3n) is 10.4. The maximum atomic E-state index is 13.7. The molecule has 4 aromatic carbocycles. The molecule has 0 fully saturated rings. The number of aliphatic imine (C=N–C) groups is 2. The molecule has 4 aliphatic heterocycles. The SMILES string of the molecule is COc1cc2c(cc1OCCN(C)CCOc1cc3c(cc1OC)C(=O)N1Cc4ccccc4C[C@H]1C=N3)N=C[C@@H]1Cc3ccccc3CN1C2=O. The Morgan fingerprint density at radius 1 is 0.635 bits per heavy atom. The first-order chi connectivity index (χ1) is 25.4. The standard InChI is InChI=1S/C41H41N5O6/c1-44(12-14-51-38-20-34-32(18-36(38)49-2)40(47)45-24-28-10-6-4-8-26(28)16-30(45)22-42-34)13-15-52-39-21-35-33(19-37(39)50-3)41(48)46-25-29-11-7-5-9-27(29)17-31(46)23-43-35/h4-11,18-23,30-31H,12-17,24-25H2,1-3H3/t30-,31-/m0/s1. The fourth-order valence-electron chi connectivity index (χ4n) is 7.38. The molecule has 0 unspecified atom stereocenters. The lowest BCUT2D eigenvalue weighted by Crippen LogP contribution is -2.44.